The van der Waals surface area contributed by atoms with Gasteiger partial charge in [0, 0.05) is 25.2 Å². The molecule has 0 radical (unpaired) electrons. The van der Waals surface area contributed by atoms with Crippen molar-refractivity contribution in [2.45, 2.75) is 46.8 Å². The maximum Gasteiger partial charge on any atom is 0.407 e. The van der Waals surface area contributed by atoms with E-state index in [9.17, 15) is 4.79 Å². The average Bonchev–Trinajstić information content (AvgIpc) is 3.11. The Labute approximate surface area is 172 Å². The first-order chi connectivity index (χ1) is 13.8. The van der Waals surface area contributed by atoms with Gasteiger partial charge in [-0.2, -0.15) is 0 Å². The van der Waals surface area contributed by atoms with E-state index in [4.69, 9.17) is 9.15 Å². The number of nitrogens with zero attached hydrogens (tertiary/aromatic N) is 2. The molecule has 0 fully saturated rings. The minimum atomic E-state index is -0.513. The highest BCUT2D eigenvalue weighted by Crippen LogP contribution is 2.20. The smallest absolute Gasteiger partial charge is 0.407 e. The molecular weight excluding hydrogens is 370 g/mol. The first-order valence-electron chi connectivity index (χ1n) is 9.77. The lowest BCUT2D eigenvalue weighted by atomic mass is 10.1. The van der Waals surface area contributed by atoms with E-state index in [0.717, 1.165) is 11.3 Å². The molecule has 0 atom stereocenters. The summed E-state index contributed by atoms with van der Waals surface area (Å²) in [5, 5.41) is 9.00. The summed E-state index contributed by atoms with van der Waals surface area (Å²) >= 11 is 0. The fourth-order valence-electron chi connectivity index (χ4n) is 2.38. The molecule has 3 N–H and O–H groups in total. The van der Waals surface area contributed by atoms with E-state index in [1.165, 1.54) is 5.56 Å². The van der Waals surface area contributed by atoms with Crippen molar-refractivity contribution in [2.24, 2.45) is 4.99 Å². The molecule has 8 nitrogen and oxygen atoms in total. The molecule has 0 aliphatic heterocycles. The van der Waals surface area contributed by atoms with Gasteiger partial charge < -0.3 is 25.1 Å². The van der Waals surface area contributed by atoms with Gasteiger partial charge in [-0.3, -0.25) is 0 Å². The molecule has 1 heterocycles. The quantitative estimate of drug-likeness (QED) is 0.374. The Kier molecular flexibility index (Phi) is 8.06. The molecule has 29 heavy (non-hydrogen) atoms. The number of aromatic nitrogens is 1. The maximum atomic E-state index is 11.7. The number of benzene rings is 1. The van der Waals surface area contributed by atoms with Crippen LogP contribution in [0.4, 0.5) is 4.79 Å². The second-order valence-electron chi connectivity index (χ2n) is 7.53. The Balaban J connectivity index is 1.84. The predicted octanol–water partition coefficient (Wildman–Crippen LogP) is 3.23. The van der Waals surface area contributed by atoms with Gasteiger partial charge in [0.15, 0.2) is 11.7 Å². The Morgan fingerprint density at radius 1 is 1.14 bits per heavy atom. The Morgan fingerprint density at radius 3 is 2.48 bits per heavy atom. The molecule has 1 aromatic carbocycles. The number of aliphatic imine (C=N–C) groups is 1. The van der Waals surface area contributed by atoms with Crippen LogP contribution >= 0.6 is 0 Å². The van der Waals surface area contributed by atoms with Crippen molar-refractivity contribution in [3.63, 3.8) is 0 Å². The van der Waals surface area contributed by atoms with Gasteiger partial charge in [0.1, 0.15) is 12.1 Å². The summed E-state index contributed by atoms with van der Waals surface area (Å²) in [6.07, 6.45) is 1.27. The lowest BCUT2D eigenvalue weighted by Crippen LogP contribution is -2.42. The summed E-state index contributed by atoms with van der Waals surface area (Å²) in [6, 6.07) is 8.08. The van der Waals surface area contributed by atoms with Gasteiger partial charge in [-0.25, -0.2) is 14.8 Å². The fraction of sp³-hybridized carbons (Fsp3) is 0.476. The lowest BCUT2D eigenvalue weighted by Gasteiger charge is -2.19. The van der Waals surface area contributed by atoms with Crippen molar-refractivity contribution >= 4 is 12.1 Å². The normalized spacial score (nSPS) is 11.8. The number of hydrogen-bond acceptors (Lipinski definition) is 5. The summed E-state index contributed by atoms with van der Waals surface area (Å²) in [5.74, 6) is 1.87. The summed E-state index contributed by atoms with van der Waals surface area (Å²) in [7, 11) is 0. The van der Waals surface area contributed by atoms with Crippen LogP contribution in [0.15, 0.2) is 39.9 Å². The van der Waals surface area contributed by atoms with E-state index in [1.807, 2.05) is 58.9 Å². The summed E-state index contributed by atoms with van der Waals surface area (Å²) in [4.78, 5) is 20.4. The van der Waals surface area contributed by atoms with Crippen molar-refractivity contribution in [1.29, 1.82) is 0 Å². The zero-order valence-electron chi connectivity index (χ0n) is 17.8. The molecule has 8 heteroatoms. The minimum Gasteiger partial charge on any atom is -0.444 e. The van der Waals surface area contributed by atoms with E-state index in [1.54, 1.807) is 6.20 Å². The molecule has 2 aromatic rings. The first kappa shape index (κ1) is 22.3. The fourth-order valence-corrected chi connectivity index (χ4v) is 2.38. The number of ether oxygens (including phenoxy) is 1. The summed E-state index contributed by atoms with van der Waals surface area (Å²) in [5.41, 5.74) is 1.67. The van der Waals surface area contributed by atoms with Crippen LogP contribution in [-0.4, -0.2) is 42.3 Å². The Morgan fingerprint density at radius 2 is 1.83 bits per heavy atom. The van der Waals surface area contributed by atoms with Gasteiger partial charge in [0.05, 0.1) is 6.20 Å². The third-order valence-electron chi connectivity index (χ3n) is 3.69. The van der Waals surface area contributed by atoms with Crippen molar-refractivity contribution < 1.29 is 13.9 Å². The highest BCUT2D eigenvalue weighted by Gasteiger charge is 2.15. The number of aryl methyl sites for hydroxylation is 1. The van der Waals surface area contributed by atoms with Crippen molar-refractivity contribution in [2.75, 3.05) is 19.6 Å². The van der Waals surface area contributed by atoms with E-state index >= 15 is 0 Å². The van der Waals surface area contributed by atoms with Crippen molar-refractivity contribution in [1.82, 2.24) is 20.9 Å². The average molecular weight is 402 g/mol. The zero-order valence-corrected chi connectivity index (χ0v) is 17.8. The number of guanidine groups is 1. The number of oxazole rings is 1. The monoisotopic (exact) mass is 401 g/mol. The second-order valence-corrected chi connectivity index (χ2v) is 7.53. The molecule has 0 saturated heterocycles. The van der Waals surface area contributed by atoms with Crippen molar-refractivity contribution in [3.05, 3.63) is 41.9 Å². The summed E-state index contributed by atoms with van der Waals surface area (Å²) < 4.78 is 11.0. The standard InChI is InChI=1S/C21H31N5O3/c1-6-22-19(23-11-12-24-20(27)29-21(3,4)5)26-14-18-25-13-17(28-18)16-9-7-15(2)8-10-16/h7-10,13H,6,11-12,14H2,1-5H3,(H,24,27)(H2,22,23,26). The van der Waals surface area contributed by atoms with Crippen LogP contribution in [0.1, 0.15) is 39.1 Å². The SMILES string of the molecule is CCNC(=NCc1ncc(-c2ccc(C)cc2)o1)NCCNC(=O)OC(C)(C)C. The van der Waals surface area contributed by atoms with Crippen LogP contribution < -0.4 is 16.0 Å². The van der Waals surface area contributed by atoms with Crippen LogP contribution in [0, 0.1) is 6.92 Å². The number of nitrogens with one attached hydrogen (secondary N) is 3. The molecule has 0 aliphatic carbocycles. The Hall–Kier alpha value is -3.03. The molecule has 0 bridgehead atoms. The van der Waals surface area contributed by atoms with E-state index in [2.05, 4.69) is 25.9 Å². The molecule has 2 rings (SSSR count). The van der Waals surface area contributed by atoms with Gasteiger partial charge in [0.25, 0.3) is 0 Å². The molecule has 0 saturated carbocycles. The van der Waals surface area contributed by atoms with E-state index in [-0.39, 0.29) is 0 Å². The van der Waals surface area contributed by atoms with Crippen LogP contribution in [0.5, 0.6) is 0 Å². The number of rotatable bonds is 7. The molecule has 0 aliphatic rings. The van der Waals surface area contributed by atoms with Gasteiger partial charge in [0.2, 0.25) is 5.89 Å². The van der Waals surface area contributed by atoms with Crippen molar-refractivity contribution in [3.8, 4) is 11.3 Å². The first-order valence-corrected chi connectivity index (χ1v) is 9.77. The zero-order chi connectivity index (χ0) is 21.3. The number of amides is 1. The highest BCUT2D eigenvalue weighted by atomic mass is 16.6. The largest absolute Gasteiger partial charge is 0.444 e. The Bertz CT molecular complexity index is 806. The third kappa shape index (κ3) is 8.25. The van der Waals surface area contributed by atoms with Gasteiger partial charge in [-0.05, 0) is 34.6 Å². The lowest BCUT2D eigenvalue weighted by molar-refractivity contribution is 0.0529. The van der Waals surface area contributed by atoms with Crippen LogP contribution in [-0.2, 0) is 11.3 Å². The molecule has 158 valence electrons. The molecule has 0 spiro atoms. The van der Waals surface area contributed by atoms with Gasteiger partial charge >= 0.3 is 6.09 Å². The molecule has 1 aromatic heterocycles. The highest BCUT2D eigenvalue weighted by molar-refractivity contribution is 5.79. The maximum absolute atomic E-state index is 11.7. The number of carbonyl (C=O) groups excluding carboxylic acids is 1. The third-order valence-corrected chi connectivity index (χ3v) is 3.69. The number of carbonyl (C=O) groups is 1. The topological polar surface area (TPSA) is 101 Å². The van der Waals surface area contributed by atoms with Gasteiger partial charge in [-0.1, -0.05) is 29.8 Å². The van der Waals surface area contributed by atoms with Crippen LogP contribution in [0.25, 0.3) is 11.3 Å². The number of alkyl carbamates (subject to hydrolysis) is 1. The predicted molar refractivity (Wildman–Crippen MR) is 114 cm³/mol. The number of hydrogen-bond donors (Lipinski definition) is 3. The minimum absolute atomic E-state index is 0.306. The second kappa shape index (κ2) is 10.5. The molecule has 0 unspecified atom stereocenters. The van der Waals surface area contributed by atoms with Gasteiger partial charge in [-0.15, -0.1) is 0 Å². The van der Waals surface area contributed by atoms with E-state index in [0.29, 0.717) is 38.0 Å². The summed E-state index contributed by atoms with van der Waals surface area (Å²) in [6.45, 7) is 11.4. The van der Waals surface area contributed by atoms with Crippen LogP contribution in [0.3, 0.4) is 0 Å². The molecular formula is C21H31N5O3. The van der Waals surface area contributed by atoms with E-state index < -0.39 is 11.7 Å². The molecule has 1 amide bonds. The van der Waals surface area contributed by atoms with Crippen LogP contribution in [0.2, 0.25) is 0 Å².